The van der Waals surface area contributed by atoms with Gasteiger partial charge in [0.05, 0.1) is 18.8 Å². The molecule has 1 aromatic heterocycles. The van der Waals surface area contributed by atoms with Crippen LogP contribution < -0.4 is 4.90 Å². The predicted molar refractivity (Wildman–Crippen MR) is 152 cm³/mol. The Morgan fingerprint density at radius 1 is 1.11 bits per heavy atom. The molecule has 0 fully saturated rings. The molecule has 0 saturated heterocycles. The molecule has 1 aromatic carbocycles. The summed E-state index contributed by atoms with van der Waals surface area (Å²) in [6, 6.07) is 5.26. The first kappa shape index (κ1) is 32.4. The molecule has 0 aliphatic carbocycles. The van der Waals surface area contributed by atoms with Crippen molar-refractivity contribution in [2.24, 2.45) is 5.10 Å². The highest BCUT2D eigenvalue weighted by Gasteiger charge is 2.22. The molecule has 0 N–H and O–H groups in total. The number of nitrogens with zero attached hydrogens (tertiary/aromatic N) is 5. The summed E-state index contributed by atoms with van der Waals surface area (Å²) in [6.07, 6.45) is 1.91. The largest absolute Gasteiger partial charge is 0.300 e. The molecular weight excluding hydrogens is 488 g/mol. The van der Waals surface area contributed by atoms with E-state index in [1.807, 2.05) is 45.4 Å². The van der Waals surface area contributed by atoms with Crippen LogP contribution in [0.25, 0.3) is 0 Å². The molecule has 0 saturated carbocycles. The number of allylic oxidation sites excluding steroid dienone is 1. The summed E-state index contributed by atoms with van der Waals surface area (Å²) >= 11 is 0. The van der Waals surface area contributed by atoms with Crippen LogP contribution in [0, 0.1) is 18.6 Å². The Morgan fingerprint density at radius 3 is 2.29 bits per heavy atom. The second-order valence-electron chi connectivity index (χ2n) is 8.61. The monoisotopic (exact) mass is 531 g/mol. The van der Waals surface area contributed by atoms with Crippen LogP contribution in [-0.4, -0.2) is 45.8 Å². The van der Waals surface area contributed by atoms with Crippen molar-refractivity contribution >= 4 is 23.2 Å². The van der Waals surface area contributed by atoms with Crippen molar-refractivity contribution in [3.63, 3.8) is 0 Å². The summed E-state index contributed by atoms with van der Waals surface area (Å²) in [6.45, 7) is 20.6. The smallest absolute Gasteiger partial charge is 0.227 e. The van der Waals surface area contributed by atoms with Crippen molar-refractivity contribution < 1.29 is 19.8 Å². The van der Waals surface area contributed by atoms with Crippen LogP contribution in [0.5, 0.6) is 0 Å². The highest BCUT2D eigenvalue weighted by molar-refractivity contribution is 6.46. The number of carbonyl (C=O) groups excluding carboxylic acids is 2. The van der Waals surface area contributed by atoms with Gasteiger partial charge in [-0.2, -0.15) is 10.2 Å². The SMILES string of the molecule is C=C1CC(C(=O)C(=C)C)=NN(Cc2cc(F)cc(F)c2)C1.CC.CC.Cc1cc2n(n1)CCCC(=O)N2C.[HH]. The molecule has 1 amide bonds. The van der Waals surface area contributed by atoms with E-state index in [1.165, 1.54) is 12.1 Å². The Morgan fingerprint density at radius 2 is 1.71 bits per heavy atom. The fraction of sp³-hybridized carbons (Fsp3) is 0.448. The Kier molecular flexibility index (Phi) is 13.3. The minimum atomic E-state index is -0.636. The van der Waals surface area contributed by atoms with E-state index in [1.54, 1.807) is 23.9 Å². The molecule has 0 unspecified atom stereocenters. The maximum absolute atomic E-state index is 13.2. The van der Waals surface area contributed by atoms with Gasteiger partial charge in [-0.3, -0.25) is 14.6 Å². The van der Waals surface area contributed by atoms with Crippen LogP contribution >= 0.6 is 0 Å². The molecule has 7 nitrogen and oxygen atoms in total. The Labute approximate surface area is 227 Å². The second-order valence-corrected chi connectivity index (χ2v) is 8.61. The van der Waals surface area contributed by atoms with Gasteiger partial charge in [-0.05, 0) is 43.5 Å². The Balaban J connectivity index is 0.000000690. The van der Waals surface area contributed by atoms with Crippen molar-refractivity contribution in [3.8, 4) is 0 Å². The Bertz CT molecular complexity index is 1160. The number of halogens is 2. The number of aromatic nitrogens is 2. The average molecular weight is 532 g/mol. The number of hydrogen-bond acceptors (Lipinski definition) is 5. The van der Waals surface area contributed by atoms with Gasteiger partial charge < -0.3 is 4.90 Å². The van der Waals surface area contributed by atoms with Gasteiger partial charge in [0, 0.05) is 40.0 Å². The molecule has 2 aliphatic rings. The van der Waals surface area contributed by atoms with Gasteiger partial charge in [-0.1, -0.05) is 46.4 Å². The number of Topliss-reactive ketones (excluding diaryl/α,β-unsaturated/α-hetero) is 1. The van der Waals surface area contributed by atoms with Gasteiger partial charge in [-0.25, -0.2) is 13.5 Å². The highest BCUT2D eigenvalue weighted by Crippen LogP contribution is 2.20. The first-order valence-corrected chi connectivity index (χ1v) is 13.0. The number of hydrazone groups is 1. The minimum Gasteiger partial charge on any atom is -0.300 e. The van der Waals surface area contributed by atoms with Crippen molar-refractivity contribution in [2.45, 2.75) is 73.9 Å². The number of carbonyl (C=O) groups is 2. The number of benzene rings is 1. The minimum absolute atomic E-state index is 0. The predicted octanol–water partition coefficient (Wildman–Crippen LogP) is 6.47. The van der Waals surface area contributed by atoms with E-state index >= 15 is 0 Å². The third-order valence-electron chi connectivity index (χ3n) is 5.38. The fourth-order valence-electron chi connectivity index (χ4n) is 3.81. The molecule has 0 radical (unpaired) electrons. The van der Waals surface area contributed by atoms with Crippen LogP contribution in [0.2, 0.25) is 0 Å². The molecule has 2 aliphatic heterocycles. The lowest BCUT2D eigenvalue weighted by molar-refractivity contribution is -0.118. The van der Waals surface area contributed by atoms with Crippen molar-refractivity contribution in [3.05, 3.63) is 71.5 Å². The summed E-state index contributed by atoms with van der Waals surface area (Å²) in [5.74, 6) is -0.393. The van der Waals surface area contributed by atoms with E-state index in [2.05, 4.69) is 23.4 Å². The maximum atomic E-state index is 13.2. The van der Waals surface area contributed by atoms with Crippen LogP contribution in [-0.2, 0) is 22.7 Å². The summed E-state index contributed by atoms with van der Waals surface area (Å²) < 4.78 is 28.3. The van der Waals surface area contributed by atoms with Crippen molar-refractivity contribution in [1.29, 1.82) is 0 Å². The van der Waals surface area contributed by atoms with E-state index in [-0.39, 0.29) is 19.7 Å². The van der Waals surface area contributed by atoms with Crippen LogP contribution in [0.1, 0.15) is 66.6 Å². The van der Waals surface area contributed by atoms with Crippen LogP contribution in [0.15, 0.2) is 53.7 Å². The number of rotatable bonds is 4. The van der Waals surface area contributed by atoms with Gasteiger partial charge in [0.25, 0.3) is 0 Å². The summed E-state index contributed by atoms with van der Waals surface area (Å²) in [4.78, 5) is 25.1. The first-order valence-electron chi connectivity index (χ1n) is 13.0. The molecule has 3 heterocycles. The summed E-state index contributed by atoms with van der Waals surface area (Å²) in [5, 5.41) is 10.1. The molecule has 0 atom stereocenters. The van der Waals surface area contributed by atoms with Gasteiger partial charge in [0.15, 0.2) is 0 Å². The maximum Gasteiger partial charge on any atom is 0.227 e. The third-order valence-corrected chi connectivity index (χ3v) is 5.38. The third kappa shape index (κ3) is 9.36. The molecule has 0 spiro atoms. The molecule has 4 rings (SSSR count). The number of fused-ring (bicyclic) bond motifs is 1. The zero-order chi connectivity index (χ0) is 29.0. The molecule has 38 heavy (non-hydrogen) atoms. The zero-order valence-electron chi connectivity index (χ0n) is 23.8. The highest BCUT2D eigenvalue weighted by atomic mass is 19.1. The number of ketones is 1. The lowest BCUT2D eigenvalue weighted by atomic mass is 10.0. The lowest BCUT2D eigenvalue weighted by Crippen LogP contribution is -2.31. The number of amides is 1. The zero-order valence-corrected chi connectivity index (χ0v) is 23.8. The molecule has 210 valence electrons. The van der Waals surface area contributed by atoms with Gasteiger partial charge in [-0.15, -0.1) is 0 Å². The van der Waals surface area contributed by atoms with E-state index in [0.717, 1.165) is 36.1 Å². The lowest BCUT2D eigenvalue weighted by Gasteiger charge is -2.26. The number of hydrogen-bond donors (Lipinski definition) is 0. The standard InChI is InChI=1S/C16H16F2N2O.C9H13N3O.2C2H6.H2/c1-10(2)16(21)15-4-11(3)8-20(19-15)9-12-5-13(17)7-14(18)6-12;1-7-6-8-11(2)9(13)4-3-5-12(8)10-7;2*1-2;/h5-7H,1,3-4,8-9H2,2H3;6H,3-5H2,1-2H3;2*1-2H3;1H. The number of aryl methyl sites for hydroxylation is 2. The second kappa shape index (κ2) is 15.6. The quantitative estimate of drug-likeness (QED) is 0.335. The Hall–Kier alpha value is -3.62. The van der Waals surface area contributed by atoms with Gasteiger partial charge in [0.1, 0.15) is 23.2 Å². The number of anilines is 1. The topological polar surface area (TPSA) is 70.8 Å². The molecular formula is C29H43F2N5O2. The summed E-state index contributed by atoms with van der Waals surface area (Å²) in [7, 11) is 1.81. The first-order chi connectivity index (χ1) is 18.0. The van der Waals surface area contributed by atoms with Crippen LogP contribution in [0.4, 0.5) is 14.6 Å². The van der Waals surface area contributed by atoms with E-state index in [4.69, 9.17) is 0 Å². The van der Waals surface area contributed by atoms with Crippen molar-refractivity contribution in [1.82, 2.24) is 14.8 Å². The molecule has 9 heteroatoms. The molecule has 2 aromatic rings. The van der Waals surface area contributed by atoms with Crippen molar-refractivity contribution in [2.75, 3.05) is 18.5 Å². The normalized spacial score (nSPS) is 14.4. The van der Waals surface area contributed by atoms with E-state index < -0.39 is 11.6 Å². The van der Waals surface area contributed by atoms with Gasteiger partial charge in [0.2, 0.25) is 11.7 Å². The van der Waals surface area contributed by atoms with Crippen LogP contribution in [0.3, 0.4) is 0 Å². The average Bonchev–Trinajstić information content (AvgIpc) is 3.19. The van der Waals surface area contributed by atoms with E-state index in [0.29, 0.717) is 36.2 Å². The summed E-state index contributed by atoms with van der Waals surface area (Å²) in [5.41, 5.74) is 3.01. The van der Waals surface area contributed by atoms with Gasteiger partial charge >= 0.3 is 0 Å². The van der Waals surface area contributed by atoms with E-state index in [9.17, 15) is 18.4 Å². The fourth-order valence-corrected chi connectivity index (χ4v) is 3.81. The molecule has 0 bridgehead atoms.